The van der Waals surface area contributed by atoms with Crippen LogP contribution in [0, 0.1) is 11.7 Å². The summed E-state index contributed by atoms with van der Waals surface area (Å²) in [7, 11) is 0. The summed E-state index contributed by atoms with van der Waals surface area (Å²) in [6.07, 6.45) is 5.70. The highest BCUT2D eigenvalue weighted by atomic mass is 19.1. The van der Waals surface area contributed by atoms with Crippen molar-refractivity contribution < 1.29 is 4.39 Å². The van der Waals surface area contributed by atoms with Gasteiger partial charge in [-0.2, -0.15) is 0 Å². The molecule has 0 nitrogen and oxygen atoms in total. The number of rotatable bonds is 2. The van der Waals surface area contributed by atoms with Crippen molar-refractivity contribution in [1.82, 2.24) is 0 Å². The number of halogens is 1. The Morgan fingerprint density at radius 3 is 2.15 bits per heavy atom. The van der Waals surface area contributed by atoms with E-state index >= 15 is 0 Å². The second-order valence-electron chi connectivity index (χ2n) is 8.34. The summed E-state index contributed by atoms with van der Waals surface area (Å²) in [5.74, 6) is 0.789. The first-order chi connectivity index (χ1) is 9.23. The van der Waals surface area contributed by atoms with Crippen LogP contribution >= 0.6 is 0 Å². The molecule has 0 unspecified atom stereocenters. The Bertz CT molecular complexity index is 542. The molecule has 0 aliphatic heterocycles. The zero-order chi connectivity index (χ0) is 14.7. The van der Waals surface area contributed by atoms with Gasteiger partial charge in [-0.05, 0) is 77.2 Å². The maximum absolute atomic E-state index is 14.5. The average molecular weight is 274 g/mol. The first kappa shape index (κ1) is 14.1. The smallest absolute Gasteiger partial charge is 0.126 e. The van der Waals surface area contributed by atoms with E-state index in [-0.39, 0.29) is 16.6 Å². The topological polar surface area (TPSA) is 0 Å². The molecule has 1 aromatic rings. The molecule has 0 radical (unpaired) electrons. The van der Waals surface area contributed by atoms with Crippen LogP contribution in [0.1, 0.15) is 76.1 Å². The molecule has 0 saturated heterocycles. The number of benzene rings is 1. The van der Waals surface area contributed by atoms with Crippen molar-refractivity contribution in [3.63, 3.8) is 0 Å². The predicted octanol–water partition coefficient (Wildman–Crippen LogP) is 5.30. The van der Waals surface area contributed by atoms with E-state index < -0.39 is 0 Å². The minimum absolute atomic E-state index is 0.0502. The molecule has 110 valence electrons. The van der Waals surface area contributed by atoms with Gasteiger partial charge >= 0.3 is 0 Å². The van der Waals surface area contributed by atoms with Gasteiger partial charge in [0.15, 0.2) is 0 Å². The molecule has 1 aromatic carbocycles. The van der Waals surface area contributed by atoms with E-state index in [1.165, 1.54) is 29.5 Å². The Morgan fingerprint density at radius 1 is 1.00 bits per heavy atom. The number of hydrogen-bond acceptors (Lipinski definition) is 0. The maximum atomic E-state index is 14.5. The lowest BCUT2D eigenvalue weighted by molar-refractivity contribution is 0.431. The van der Waals surface area contributed by atoms with Crippen molar-refractivity contribution in [2.75, 3.05) is 0 Å². The molecular weight excluding hydrogens is 247 g/mol. The second kappa shape index (κ2) is 4.32. The lowest BCUT2D eigenvalue weighted by Gasteiger charge is -2.35. The summed E-state index contributed by atoms with van der Waals surface area (Å²) in [4.78, 5) is 0. The average Bonchev–Trinajstić information content (AvgIpc) is 3.07. The molecule has 2 aliphatic rings. The van der Waals surface area contributed by atoms with E-state index in [0.717, 1.165) is 30.7 Å². The van der Waals surface area contributed by atoms with Crippen LogP contribution in [0.2, 0.25) is 0 Å². The molecule has 20 heavy (non-hydrogen) atoms. The molecule has 0 bridgehead atoms. The molecule has 2 aliphatic carbocycles. The largest absolute Gasteiger partial charge is 0.207 e. The number of hydrogen-bond donors (Lipinski definition) is 0. The van der Waals surface area contributed by atoms with E-state index in [2.05, 4.69) is 34.6 Å². The van der Waals surface area contributed by atoms with E-state index in [4.69, 9.17) is 0 Å². The van der Waals surface area contributed by atoms with Crippen LogP contribution in [0.4, 0.5) is 4.39 Å². The molecule has 0 amide bonds. The van der Waals surface area contributed by atoms with Crippen molar-refractivity contribution in [1.29, 1.82) is 0 Å². The van der Waals surface area contributed by atoms with Crippen LogP contribution in [0.15, 0.2) is 6.07 Å². The van der Waals surface area contributed by atoms with Gasteiger partial charge in [0.05, 0.1) is 0 Å². The fourth-order valence-electron chi connectivity index (χ4n) is 4.12. The van der Waals surface area contributed by atoms with Gasteiger partial charge < -0.3 is 0 Å². The maximum Gasteiger partial charge on any atom is 0.126 e. The van der Waals surface area contributed by atoms with Crippen LogP contribution in [0.5, 0.6) is 0 Å². The summed E-state index contributed by atoms with van der Waals surface area (Å²) < 4.78 is 14.5. The third-order valence-electron chi connectivity index (χ3n) is 5.39. The van der Waals surface area contributed by atoms with Gasteiger partial charge in [0.25, 0.3) is 0 Å². The first-order valence-electron chi connectivity index (χ1n) is 8.08. The van der Waals surface area contributed by atoms with Gasteiger partial charge in [0, 0.05) is 0 Å². The Labute approximate surface area is 122 Å². The Hall–Kier alpha value is -0.850. The number of fused-ring (bicyclic) bond motifs is 1. The zero-order valence-corrected chi connectivity index (χ0v) is 13.6. The molecule has 1 fully saturated rings. The quantitative estimate of drug-likeness (QED) is 0.686. The third-order valence-corrected chi connectivity index (χ3v) is 5.39. The van der Waals surface area contributed by atoms with Gasteiger partial charge in [-0.1, -0.05) is 34.6 Å². The molecule has 0 N–H and O–H groups in total. The van der Waals surface area contributed by atoms with Crippen molar-refractivity contribution in [2.45, 2.75) is 77.6 Å². The van der Waals surface area contributed by atoms with E-state index in [1.54, 1.807) is 0 Å². The molecule has 0 atom stereocenters. The first-order valence-corrected chi connectivity index (χ1v) is 8.08. The summed E-state index contributed by atoms with van der Waals surface area (Å²) in [6, 6.07) is 1.88. The highest BCUT2D eigenvalue weighted by molar-refractivity contribution is 5.51. The molecule has 1 heteroatoms. The molecule has 0 spiro atoms. The van der Waals surface area contributed by atoms with E-state index in [1.807, 2.05) is 6.07 Å². The standard InChI is InChI=1S/C19H27F/c1-18(2,3)17-14-8-6-7-13(14)16(20)11-15(17)19(4,5)12-9-10-12/h11-12H,6-10H2,1-5H3. The van der Waals surface area contributed by atoms with Crippen molar-refractivity contribution in [2.24, 2.45) is 5.92 Å². The van der Waals surface area contributed by atoms with E-state index in [9.17, 15) is 4.39 Å². The molecule has 1 saturated carbocycles. The van der Waals surface area contributed by atoms with Crippen LogP contribution in [-0.2, 0) is 23.7 Å². The normalized spacial score (nSPS) is 19.3. The highest BCUT2D eigenvalue weighted by Gasteiger charge is 2.43. The summed E-state index contributed by atoms with van der Waals surface area (Å²) in [5, 5.41) is 0. The Balaban J connectivity index is 2.26. The van der Waals surface area contributed by atoms with Crippen molar-refractivity contribution in [3.05, 3.63) is 34.1 Å². The SMILES string of the molecule is CC(C)(C)c1c(C(C)(C)C2CC2)cc(F)c2c1CCC2. The summed E-state index contributed by atoms with van der Waals surface area (Å²) in [6.45, 7) is 11.5. The van der Waals surface area contributed by atoms with Gasteiger partial charge in [-0.25, -0.2) is 4.39 Å². The second-order valence-corrected chi connectivity index (χ2v) is 8.34. The van der Waals surface area contributed by atoms with Gasteiger partial charge in [0.1, 0.15) is 5.82 Å². The molecule has 0 heterocycles. The van der Waals surface area contributed by atoms with Crippen LogP contribution in [0.25, 0.3) is 0 Å². The lowest BCUT2D eigenvalue weighted by Crippen LogP contribution is -2.28. The fraction of sp³-hybridized carbons (Fsp3) is 0.684. The van der Waals surface area contributed by atoms with Gasteiger partial charge in [-0.3, -0.25) is 0 Å². The van der Waals surface area contributed by atoms with E-state index in [0.29, 0.717) is 0 Å². The van der Waals surface area contributed by atoms with Crippen LogP contribution < -0.4 is 0 Å². The Kier molecular flexibility index (Phi) is 3.05. The zero-order valence-electron chi connectivity index (χ0n) is 13.6. The van der Waals surface area contributed by atoms with Crippen LogP contribution in [-0.4, -0.2) is 0 Å². The molecule has 0 aromatic heterocycles. The minimum Gasteiger partial charge on any atom is -0.207 e. The molecule has 3 rings (SSSR count). The van der Waals surface area contributed by atoms with Crippen molar-refractivity contribution >= 4 is 0 Å². The lowest BCUT2D eigenvalue weighted by atomic mass is 9.69. The minimum atomic E-state index is 0.0502. The van der Waals surface area contributed by atoms with Gasteiger partial charge in [-0.15, -0.1) is 0 Å². The van der Waals surface area contributed by atoms with Crippen molar-refractivity contribution in [3.8, 4) is 0 Å². The Morgan fingerprint density at radius 2 is 1.60 bits per heavy atom. The van der Waals surface area contributed by atoms with Crippen LogP contribution in [0.3, 0.4) is 0 Å². The predicted molar refractivity (Wildman–Crippen MR) is 82.9 cm³/mol. The third kappa shape index (κ3) is 2.10. The summed E-state index contributed by atoms with van der Waals surface area (Å²) >= 11 is 0. The molecular formula is C19H27F. The summed E-state index contributed by atoms with van der Waals surface area (Å²) in [5.41, 5.74) is 5.28. The highest BCUT2D eigenvalue weighted by Crippen LogP contribution is 2.51. The van der Waals surface area contributed by atoms with Gasteiger partial charge in [0.2, 0.25) is 0 Å². The monoisotopic (exact) mass is 274 g/mol. The fourth-order valence-corrected chi connectivity index (χ4v) is 4.12.